The molecule has 14 rings (SSSR count). The summed E-state index contributed by atoms with van der Waals surface area (Å²) in [6, 6.07) is 77.2. The van der Waals surface area contributed by atoms with Crippen LogP contribution in [0.5, 0.6) is 0 Å². The zero-order valence-corrected chi connectivity index (χ0v) is 35.8. The first kappa shape index (κ1) is 36.2. The van der Waals surface area contributed by atoms with Crippen LogP contribution < -0.4 is 0 Å². The lowest BCUT2D eigenvalue weighted by molar-refractivity contribution is 1.08. The Labute approximate surface area is 377 Å². The summed E-state index contributed by atoms with van der Waals surface area (Å²) in [7, 11) is 0. The van der Waals surface area contributed by atoms with E-state index in [1.54, 1.807) is 11.3 Å². The summed E-state index contributed by atoms with van der Waals surface area (Å²) < 4.78 is 2.43. The number of thiophene rings is 1. The smallest absolute Gasteiger partial charge is 0.165 e. The van der Waals surface area contributed by atoms with E-state index in [1.807, 2.05) is 18.2 Å². The number of hydrogen-bond donors (Lipinski definition) is 0. The maximum absolute atomic E-state index is 5.20. The summed E-state index contributed by atoms with van der Waals surface area (Å²) in [5, 5.41) is 17.8. The van der Waals surface area contributed by atoms with Gasteiger partial charge in [0.25, 0.3) is 0 Å². The molecule has 0 atom stereocenters. The van der Waals surface area contributed by atoms with Crippen LogP contribution >= 0.6 is 11.3 Å². The predicted octanol–water partition coefficient (Wildman–Crippen LogP) is 16.9. The number of fused-ring (bicyclic) bond motifs is 5. The molecule has 2 heterocycles. The third-order valence-electron chi connectivity index (χ3n) is 13.4. The number of nitrogens with zero attached hydrogens (tertiary/aromatic N) is 3. The largest absolute Gasteiger partial charge is 0.208 e. The maximum atomic E-state index is 5.20. The van der Waals surface area contributed by atoms with Gasteiger partial charge in [0.2, 0.25) is 0 Å². The summed E-state index contributed by atoms with van der Waals surface area (Å²) in [6.45, 7) is 0. The Balaban J connectivity index is 0.942. The lowest BCUT2D eigenvalue weighted by Crippen LogP contribution is -2.00. The van der Waals surface area contributed by atoms with Crippen LogP contribution in [0.2, 0.25) is 0 Å². The summed E-state index contributed by atoms with van der Waals surface area (Å²) in [5.74, 6) is 1.97. The summed E-state index contributed by atoms with van der Waals surface area (Å²) in [6.07, 6.45) is 0. The van der Waals surface area contributed by atoms with E-state index in [0.717, 1.165) is 22.3 Å². The molecule has 3 nitrogen and oxygen atoms in total. The van der Waals surface area contributed by atoms with Crippen molar-refractivity contribution in [1.82, 2.24) is 15.0 Å². The van der Waals surface area contributed by atoms with Gasteiger partial charge in [-0.3, -0.25) is 0 Å². The van der Waals surface area contributed by atoms with Crippen molar-refractivity contribution in [1.29, 1.82) is 0 Å². The third kappa shape index (κ3) is 5.58. The molecule has 65 heavy (non-hydrogen) atoms. The van der Waals surface area contributed by atoms with Gasteiger partial charge in [-0.2, -0.15) is 0 Å². The van der Waals surface area contributed by atoms with Crippen LogP contribution in [0.4, 0.5) is 0 Å². The van der Waals surface area contributed by atoms with Crippen LogP contribution in [0, 0.1) is 0 Å². The normalized spacial score (nSPS) is 12.0. The SMILES string of the molecule is c1ccc(-c2nc(-c3ccc(-c4ccccc4-c4cc5ccc6cccc7c8cccc9ccc%10cccc(c(c4)c5c67)c%10c98)cc3)nc(-c3cccc4c3sc3ccccc34)n2)cc1. The molecule has 0 aliphatic heterocycles. The lowest BCUT2D eigenvalue weighted by Gasteiger charge is -2.18. The van der Waals surface area contributed by atoms with Gasteiger partial charge in [-0.1, -0.05) is 188 Å². The van der Waals surface area contributed by atoms with Crippen LogP contribution in [-0.4, -0.2) is 15.0 Å². The van der Waals surface area contributed by atoms with Crippen molar-refractivity contribution in [3.63, 3.8) is 0 Å². The van der Waals surface area contributed by atoms with E-state index in [4.69, 9.17) is 15.0 Å². The Bertz CT molecular complexity index is 4220. The second kappa shape index (κ2) is 14.1. The van der Waals surface area contributed by atoms with Crippen LogP contribution in [0.1, 0.15) is 0 Å². The molecule has 0 saturated heterocycles. The van der Waals surface area contributed by atoms with E-state index < -0.39 is 0 Å². The Kier molecular flexibility index (Phi) is 7.85. The molecule has 2 aromatic heterocycles. The number of rotatable bonds is 5. The Morgan fingerprint density at radius 2 is 0.723 bits per heavy atom. The second-order valence-corrected chi connectivity index (χ2v) is 18.1. The highest BCUT2D eigenvalue weighted by molar-refractivity contribution is 7.26. The van der Waals surface area contributed by atoms with Gasteiger partial charge in [-0.05, 0) is 111 Å². The molecular weight excluding hydrogens is 807 g/mol. The van der Waals surface area contributed by atoms with E-state index in [9.17, 15) is 0 Å². The molecule has 300 valence electrons. The Morgan fingerprint density at radius 3 is 1.40 bits per heavy atom. The first-order chi connectivity index (χ1) is 32.2. The topological polar surface area (TPSA) is 38.7 Å². The lowest BCUT2D eigenvalue weighted by atomic mass is 9.85. The summed E-state index contributed by atoms with van der Waals surface area (Å²) in [4.78, 5) is 15.4. The molecule has 14 aromatic rings. The molecule has 0 saturated carbocycles. The predicted molar refractivity (Wildman–Crippen MR) is 276 cm³/mol. The van der Waals surface area contributed by atoms with E-state index in [-0.39, 0.29) is 0 Å². The van der Waals surface area contributed by atoms with Crippen molar-refractivity contribution in [2.24, 2.45) is 0 Å². The number of benzene rings is 11. The van der Waals surface area contributed by atoms with Gasteiger partial charge in [0.1, 0.15) is 0 Å². The molecule has 4 heteroatoms. The molecule has 12 aromatic carbocycles. The van der Waals surface area contributed by atoms with Crippen molar-refractivity contribution in [2.75, 3.05) is 0 Å². The number of hydrogen-bond acceptors (Lipinski definition) is 4. The quantitative estimate of drug-likeness (QED) is 0.162. The molecule has 0 amide bonds. The van der Waals surface area contributed by atoms with Gasteiger partial charge in [0, 0.05) is 36.9 Å². The van der Waals surface area contributed by atoms with Crippen molar-refractivity contribution in [3.8, 4) is 56.4 Å². The summed E-state index contributed by atoms with van der Waals surface area (Å²) in [5.41, 5.74) is 7.56. The van der Waals surface area contributed by atoms with Crippen molar-refractivity contribution in [3.05, 3.63) is 212 Å². The highest BCUT2D eigenvalue weighted by atomic mass is 32.1. The minimum absolute atomic E-state index is 0.643. The fourth-order valence-electron chi connectivity index (χ4n) is 10.5. The third-order valence-corrected chi connectivity index (χ3v) is 14.6. The fraction of sp³-hybridized carbons (Fsp3) is 0. The van der Waals surface area contributed by atoms with E-state index in [1.165, 1.54) is 101 Å². The minimum Gasteiger partial charge on any atom is -0.208 e. The van der Waals surface area contributed by atoms with Crippen molar-refractivity contribution < 1.29 is 0 Å². The van der Waals surface area contributed by atoms with Gasteiger partial charge in [-0.15, -0.1) is 11.3 Å². The average Bonchev–Trinajstić information content (AvgIpc) is 3.76. The second-order valence-electron chi connectivity index (χ2n) is 17.0. The van der Waals surface area contributed by atoms with Gasteiger partial charge in [-0.25, -0.2) is 15.0 Å². The first-order valence-electron chi connectivity index (χ1n) is 22.1. The van der Waals surface area contributed by atoms with Crippen LogP contribution in [0.15, 0.2) is 212 Å². The molecular formula is C61H35N3S. The first-order valence-corrected chi connectivity index (χ1v) is 22.9. The zero-order chi connectivity index (χ0) is 42.6. The zero-order valence-electron chi connectivity index (χ0n) is 35.0. The molecule has 0 aliphatic carbocycles. The van der Waals surface area contributed by atoms with E-state index in [2.05, 4.69) is 194 Å². The van der Waals surface area contributed by atoms with E-state index in [0.29, 0.717) is 17.5 Å². The molecule has 0 spiro atoms. The van der Waals surface area contributed by atoms with Crippen LogP contribution in [0.25, 0.3) is 141 Å². The standard InChI is InChI=1S/C61H35N3S/c1-2-12-40(13-3-1)59-62-60(64-61(63-59)51-24-11-23-50-46-19-6-7-25-53(46)65-58(50)51)41-31-26-36(27-32-41)44-17-4-5-18-45(44)43-34-42-33-30-39-15-9-21-48-47-20-8-14-37-28-29-38-16-10-22-49(56(38)54(37)47)52(35-43)57(42)55(39)48/h1-35H. The van der Waals surface area contributed by atoms with Gasteiger partial charge in [0.15, 0.2) is 17.5 Å². The van der Waals surface area contributed by atoms with Gasteiger partial charge >= 0.3 is 0 Å². The molecule has 0 radical (unpaired) electrons. The van der Waals surface area contributed by atoms with Crippen molar-refractivity contribution in [2.45, 2.75) is 0 Å². The Morgan fingerprint density at radius 1 is 0.262 bits per heavy atom. The van der Waals surface area contributed by atoms with Gasteiger partial charge < -0.3 is 0 Å². The molecule has 0 N–H and O–H groups in total. The Hall–Kier alpha value is -8.31. The molecule has 0 fully saturated rings. The molecule has 0 aliphatic rings. The van der Waals surface area contributed by atoms with Crippen molar-refractivity contribution >= 4 is 96.1 Å². The number of aromatic nitrogens is 3. The van der Waals surface area contributed by atoms with E-state index >= 15 is 0 Å². The van der Waals surface area contributed by atoms with Gasteiger partial charge in [0.05, 0.1) is 0 Å². The van der Waals surface area contributed by atoms with Crippen LogP contribution in [0.3, 0.4) is 0 Å². The highest BCUT2D eigenvalue weighted by Crippen LogP contribution is 2.46. The monoisotopic (exact) mass is 841 g/mol. The molecule has 0 bridgehead atoms. The van der Waals surface area contributed by atoms with Crippen LogP contribution in [-0.2, 0) is 0 Å². The molecule has 0 unspecified atom stereocenters. The fourth-order valence-corrected chi connectivity index (χ4v) is 11.7. The average molecular weight is 842 g/mol. The maximum Gasteiger partial charge on any atom is 0.165 e. The highest BCUT2D eigenvalue weighted by Gasteiger charge is 2.19. The summed E-state index contributed by atoms with van der Waals surface area (Å²) >= 11 is 1.79. The minimum atomic E-state index is 0.643.